The first-order chi connectivity index (χ1) is 5.86. The second-order valence-corrected chi connectivity index (χ2v) is 4.16. The zero-order chi connectivity index (χ0) is 10.6. The summed E-state index contributed by atoms with van der Waals surface area (Å²) in [7, 11) is 0. The molecule has 1 atom stereocenters. The van der Waals surface area contributed by atoms with E-state index in [1.54, 1.807) is 0 Å². The number of hydrogen-bond donors (Lipinski definition) is 2. The fraction of sp³-hybridized carbons (Fsp3) is 0.778. The Morgan fingerprint density at radius 2 is 1.77 bits per heavy atom. The molecule has 0 aliphatic heterocycles. The molecule has 0 aromatic rings. The molecule has 0 aliphatic rings. The number of carboxylic acids is 1. The van der Waals surface area contributed by atoms with Gasteiger partial charge in [-0.2, -0.15) is 0 Å². The highest BCUT2D eigenvalue weighted by atomic mass is 32.1. The molecule has 0 spiro atoms. The van der Waals surface area contributed by atoms with Crippen LogP contribution in [0.25, 0.3) is 0 Å². The van der Waals surface area contributed by atoms with Gasteiger partial charge in [-0.3, -0.25) is 0 Å². The van der Waals surface area contributed by atoms with Crippen LogP contribution >= 0.6 is 12.2 Å². The number of thiocarbonyl (C=S) groups is 1. The van der Waals surface area contributed by atoms with Crippen LogP contribution in [0.15, 0.2) is 0 Å². The molecule has 0 saturated heterocycles. The molecule has 3 nitrogen and oxygen atoms in total. The van der Waals surface area contributed by atoms with Crippen molar-refractivity contribution in [2.24, 2.45) is 11.8 Å². The molecule has 0 heterocycles. The maximum atomic E-state index is 10.8. The van der Waals surface area contributed by atoms with Crippen LogP contribution in [0.4, 0.5) is 0 Å². The lowest BCUT2D eigenvalue weighted by molar-refractivity contribution is -0.140. The van der Waals surface area contributed by atoms with Gasteiger partial charge in [0.25, 0.3) is 0 Å². The Morgan fingerprint density at radius 1 is 1.31 bits per heavy atom. The van der Waals surface area contributed by atoms with E-state index in [4.69, 9.17) is 17.3 Å². The Balaban J connectivity index is 4.27. The second-order valence-electron chi connectivity index (χ2n) is 3.72. The Bertz CT molecular complexity index is 202. The van der Waals surface area contributed by atoms with Gasteiger partial charge in [0, 0.05) is 5.92 Å². The average Bonchev–Trinajstić information content (AvgIpc) is 1.97. The van der Waals surface area contributed by atoms with Crippen LogP contribution in [0.1, 0.15) is 27.7 Å². The molecule has 0 aromatic carbocycles. The Kier molecular flexibility index (Phi) is 4.91. The zero-order valence-corrected chi connectivity index (χ0v) is 9.31. The van der Waals surface area contributed by atoms with E-state index in [1.807, 2.05) is 27.7 Å². The van der Waals surface area contributed by atoms with E-state index in [0.717, 1.165) is 0 Å². The zero-order valence-electron chi connectivity index (χ0n) is 8.50. The van der Waals surface area contributed by atoms with Gasteiger partial charge in [0.15, 0.2) is 0 Å². The minimum atomic E-state index is -0.849. The van der Waals surface area contributed by atoms with Crippen molar-refractivity contribution in [2.45, 2.75) is 33.7 Å². The van der Waals surface area contributed by atoms with Gasteiger partial charge in [-0.1, -0.05) is 39.9 Å². The molecule has 76 valence electrons. The van der Waals surface area contributed by atoms with Crippen molar-refractivity contribution in [3.05, 3.63) is 0 Å². The maximum Gasteiger partial charge on any atom is 0.326 e. The van der Waals surface area contributed by atoms with Crippen LogP contribution in [0.3, 0.4) is 0 Å². The topological polar surface area (TPSA) is 49.3 Å². The molecule has 0 aromatic heterocycles. The first kappa shape index (κ1) is 12.4. The van der Waals surface area contributed by atoms with Crippen molar-refractivity contribution in [1.82, 2.24) is 5.32 Å². The highest BCUT2D eigenvalue weighted by Gasteiger charge is 2.22. The molecular formula is C9H17NO2S. The van der Waals surface area contributed by atoms with Crippen LogP contribution in [0.5, 0.6) is 0 Å². The normalized spacial score (nSPS) is 13.1. The van der Waals surface area contributed by atoms with Gasteiger partial charge in [0.1, 0.15) is 6.04 Å². The smallest absolute Gasteiger partial charge is 0.326 e. The van der Waals surface area contributed by atoms with Gasteiger partial charge >= 0.3 is 5.97 Å². The molecular weight excluding hydrogens is 186 g/mol. The molecule has 0 unspecified atom stereocenters. The summed E-state index contributed by atoms with van der Waals surface area (Å²) in [6.07, 6.45) is 0. The van der Waals surface area contributed by atoms with Crippen molar-refractivity contribution >= 4 is 23.2 Å². The molecule has 2 N–H and O–H groups in total. The minimum absolute atomic E-state index is 0.0363. The number of nitrogens with one attached hydrogen (secondary N) is 1. The van der Waals surface area contributed by atoms with Gasteiger partial charge in [0.2, 0.25) is 0 Å². The van der Waals surface area contributed by atoms with Crippen LogP contribution in [-0.2, 0) is 4.79 Å². The Labute approximate surface area is 84.5 Å². The summed E-state index contributed by atoms with van der Waals surface area (Å²) in [5, 5.41) is 11.7. The largest absolute Gasteiger partial charge is 0.480 e. The summed E-state index contributed by atoms with van der Waals surface area (Å²) in [6, 6.07) is -0.574. The third-order valence-electron chi connectivity index (χ3n) is 1.75. The standard InChI is InChI=1S/C9H17NO2S/c1-5(2)7(9(11)12)10-8(13)6(3)4/h5-7H,1-4H3,(H,10,13)(H,11,12)/t7-/m0/s1. The van der Waals surface area contributed by atoms with Crippen LogP contribution < -0.4 is 5.32 Å². The molecule has 0 saturated carbocycles. The van der Waals surface area contributed by atoms with E-state index in [-0.39, 0.29) is 11.8 Å². The van der Waals surface area contributed by atoms with Crippen molar-refractivity contribution in [2.75, 3.05) is 0 Å². The third-order valence-corrected chi connectivity index (χ3v) is 2.34. The number of rotatable bonds is 4. The van der Waals surface area contributed by atoms with Crippen LogP contribution in [0.2, 0.25) is 0 Å². The van der Waals surface area contributed by atoms with Crippen LogP contribution in [-0.4, -0.2) is 22.1 Å². The summed E-state index contributed by atoms with van der Waals surface area (Å²) in [5.41, 5.74) is 0. The predicted molar refractivity (Wildman–Crippen MR) is 56.8 cm³/mol. The molecule has 4 heteroatoms. The lowest BCUT2D eigenvalue weighted by atomic mass is 10.0. The summed E-state index contributed by atoms with van der Waals surface area (Å²) < 4.78 is 0. The highest BCUT2D eigenvalue weighted by Crippen LogP contribution is 2.04. The monoisotopic (exact) mass is 203 g/mol. The van der Waals surface area contributed by atoms with Crippen LogP contribution in [0, 0.1) is 11.8 Å². The van der Waals surface area contributed by atoms with E-state index in [9.17, 15) is 4.79 Å². The molecule has 0 aliphatic carbocycles. The number of hydrogen-bond acceptors (Lipinski definition) is 2. The maximum absolute atomic E-state index is 10.8. The predicted octanol–water partition coefficient (Wildman–Crippen LogP) is 1.67. The average molecular weight is 203 g/mol. The molecule has 13 heavy (non-hydrogen) atoms. The molecule has 0 amide bonds. The van der Waals surface area contributed by atoms with Crippen molar-refractivity contribution < 1.29 is 9.90 Å². The summed E-state index contributed by atoms with van der Waals surface area (Å²) in [6.45, 7) is 7.59. The lowest BCUT2D eigenvalue weighted by Crippen LogP contribution is -2.45. The molecule has 0 radical (unpaired) electrons. The third kappa shape index (κ3) is 4.22. The quantitative estimate of drug-likeness (QED) is 0.682. The number of carbonyl (C=O) groups is 1. The fourth-order valence-electron chi connectivity index (χ4n) is 0.833. The fourth-order valence-corrected chi connectivity index (χ4v) is 0.960. The molecule has 0 fully saturated rings. The van der Waals surface area contributed by atoms with Gasteiger partial charge < -0.3 is 10.4 Å². The van der Waals surface area contributed by atoms with E-state index in [2.05, 4.69) is 5.32 Å². The van der Waals surface area contributed by atoms with E-state index >= 15 is 0 Å². The van der Waals surface area contributed by atoms with Gasteiger partial charge in [0.05, 0.1) is 4.99 Å². The van der Waals surface area contributed by atoms with E-state index in [1.165, 1.54) is 0 Å². The van der Waals surface area contributed by atoms with Gasteiger partial charge in [-0.15, -0.1) is 0 Å². The summed E-state index contributed by atoms with van der Waals surface area (Å²) in [5.74, 6) is -0.622. The number of carboxylic acid groups (broad SMARTS) is 1. The lowest BCUT2D eigenvalue weighted by Gasteiger charge is -2.21. The van der Waals surface area contributed by atoms with Gasteiger partial charge in [-0.25, -0.2) is 4.79 Å². The summed E-state index contributed by atoms with van der Waals surface area (Å²) >= 11 is 5.02. The second kappa shape index (κ2) is 5.17. The summed E-state index contributed by atoms with van der Waals surface area (Å²) in [4.78, 5) is 11.4. The molecule has 0 rings (SSSR count). The number of aliphatic carboxylic acids is 1. The van der Waals surface area contributed by atoms with E-state index in [0.29, 0.717) is 4.99 Å². The van der Waals surface area contributed by atoms with Crippen molar-refractivity contribution in [3.63, 3.8) is 0 Å². The first-order valence-corrected chi connectivity index (χ1v) is 4.80. The first-order valence-electron chi connectivity index (χ1n) is 4.39. The van der Waals surface area contributed by atoms with E-state index < -0.39 is 12.0 Å². The van der Waals surface area contributed by atoms with Crippen molar-refractivity contribution in [3.8, 4) is 0 Å². The SMILES string of the molecule is CC(C)C(=S)N[C@H](C(=O)O)C(C)C. The Hall–Kier alpha value is -0.640. The van der Waals surface area contributed by atoms with Gasteiger partial charge in [-0.05, 0) is 5.92 Å². The molecule has 0 bridgehead atoms. The minimum Gasteiger partial charge on any atom is -0.480 e. The highest BCUT2D eigenvalue weighted by molar-refractivity contribution is 7.80. The Morgan fingerprint density at radius 3 is 2.00 bits per heavy atom. The van der Waals surface area contributed by atoms with Crippen molar-refractivity contribution in [1.29, 1.82) is 0 Å².